The van der Waals surface area contributed by atoms with Gasteiger partial charge in [-0.25, -0.2) is 4.57 Å². The molecule has 0 atom stereocenters. The number of aromatic nitrogens is 3. The molecule has 2 aromatic heterocycles. The van der Waals surface area contributed by atoms with E-state index in [1.807, 2.05) is 43.6 Å². The van der Waals surface area contributed by atoms with E-state index in [4.69, 9.17) is 4.74 Å². The summed E-state index contributed by atoms with van der Waals surface area (Å²) in [4.78, 5) is 0. The second-order valence-electron chi connectivity index (χ2n) is 4.93. The van der Waals surface area contributed by atoms with Gasteiger partial charge >= 0.3 is 11.6 Å². The van der Waals surface area contributed by atoms with Gasteiger partial charge in [-0.1, -0.05) is 12.1 Å². The van der Waals surface area contributed by atoms with Crippen LogP contribution in [0, 0.1) is 6.92 Å². The highest BCUT2D eigenvalue weighted by Crippen LogP contribution is 2.22. The summed E-state index contributed by atoms with van der Waals surface area (Å²) < 4.78 is 11.8. The predicted molar refractivity (Wildman–Crippen MR) is 79.8 cm³/mol. The van der Waals surface area contributed by atoms with Crippen LogP contribution in [-0.4, -0.2) is 11.7 Å². The zero-order valence-electron chi connectivity index (χ0n) is 12.5. The number of benzene rings is 1. The van der Waals surface area contributed by atoms with E-state index in [1.165, 1.54) is 0 Å². The summed E-state index contributed by atoms with van der Waals surface area (Å²) >= 11 is 0. The predicted octanol–water partition coefficient (Wildman–Crippen LogP) is 1.90. The SMILES string of the molecule is COc1ccccc1-n1cc[n+](-c2cccc[n+]2C)c1C. The average Bonchev–Trinajstić information content (AvgIpc) is 2.89. The second-order valence-corrected chi connectivity index (χ2v) is 4.93. The molecule has 3 aromatic rings. The van der Waals surface area contributed by atoms with Crippen LogP contribution in [0.25, 0.3) is 11.5 Å². The van der Waals surface area contributed by atoms with Crippen molar-refractivity contribution in [1.82, 2.24) is 4.57 Å². The molecule has 106 valence electrons. The topological polar surface area (TPSA) is 21.9 Å². The highest BCUT2D eigenvalue weighted by molar-refractivity contribution is 5.46. The van der Waals surface area contributed by atoms with Crippen LogP contribution in [-0.2, 0) is 7.05 Å². The van der Waals surface area contributed by atoms with Crippen LogP contribution in [0.5, 0.6) is 5.75 Å². The molecule has 4 nitrogen and oxygen atoms in total. The summed E-state index contributed by atoms with van der Waals surface area (Å²) in [6.07, 6.45) is 6.17. The van der Waals surface area contributed by atoms with E-state index in [2.05, 4.69) is 45.2 Å². The Morgan fingerprint density at radius 1 is 1.00 bits per heavy atom. The van der Waals surface area contributed by atoms with Crippen molar-refractivity contribution in [3.05, 3.63) is 66.9 Å². The maximum Gasteiger partial charge on any atom is 0.344 e. The van der Waals surface area contributed by atoms with Gasteiger partial charge < -0.3 is 4.74 Å². The molecular formula is C17H19N3O+2. The third-order valence-electron chi connectivity index (χ3n) is 3.68. The lowest BCUT2D eigenvalue weighted by atomic mass is 10.3. The number of hydrogen-bond donors (Lipinski definition) is 0. The Balaban J connectivity index is 2.14. The minimum absolute atomic E-state index is 0.862. The van der Waals surface area contributed by atoms with Crippen molar-refractivity contribution in [3.63, 3.8) is 0 Å². The first-order chi connectivity index (χ1) is 10.2. The van der Waals surface area contributed by atoms with Gasteiger partial charge in [0.15, 0.2) is 18.1 Å². The summed E-state index contributed by atoms with van der Waals surface area (Å²) in [7, 11) is 3.74. The van der Waals surface area contributed by atoms with Crippen LogP contribution in [0.1, 0.15) is 5.82 Å². The summed E-state index contributed by atoms with van der Waals surface area (Å²) in [6.45, 7) is 2.10. The number of rotatable bonds is 3. The molecule has 0 fully saturated rings. The average molecular weight is 281 g/mol. The fourth-order valence-electron chi connectivity index (χ4n) is 2.56. The molecule has 21 heavy (non-hydrogen) atoms. The smallest absolute Gasteiger partial charge is 0.344 e. The van der Waals surface area contributed by atoms with Crippen molar-refractivity contribution in [2.45, 2.75) is 6.92 Å². The normalized spacial score (nSPS) is 10.6. The van der Waals surface area contributed by atoms with Gasteiger partial charge in [0.1, 0.15) is 13.2 Å². The third-order valence-corrected chi connectivity index (χ3v) is 3.68. The van der Waals surface area contributed by atoms with E-state index < -0.39 is 0 Å². The molecule has 1 aromatic carbocycles. The zero-order chi connectivity index (χ0) is 14.8. The number of para-hydroxylation sites is 2. The summed E-state index contributed by atoms with van der Waals surface area (Å²) in [5, 5.41) is 0. The van der Waals surface area contributed by atoms with E-state index in [-0.39, 0.29) is 0 Å². The van der Waals surface area contributed by atoms with E-state index in [1.54, 1.807) is 7.11 Å². The van der Waals surface area contributed by atoms with Crippen LogP contribution in [0.3, 0.4) is 0 Å². The molecular weight excluding hydrogens is 262 g/mol. The van der Waals surface area contributed by atoms with Gasteiger partial charge in [0.05, 0.1) is 14.0 Å². The van der Waals surface area contributed by atoms with Crippen LogP contribution in [0.4, 0.5) is 0 Å². The monoisotopic (exact) mass is 281 g/mol. The second kappa shape index (κ2) is 5.40. The van der Waals surface area contributed by atoms with Crippen molar-refractivity contribution in [2.75, 3.05) is 7.11 Å². The van der Waals surface area contributed by atoms with Crippen molar-refractivity contribution in [3.8, 4) is 17.3 Å². The molecule has 0 amide bonds. The lowest BCUT2D eigenvalue weighted by molar-refractivity contribution is -0.780. The fourth-order valence-corrected chi connectivity index (χ4v) is 2.56. The molecule has 0 radical (unpaired) electrons. The lowest BCUT2D eigenvalue weighted by Gasteiger charge is -2.03. The quantitative estimate of drug-likeness (QED) is 0.672. The molecule has 0 aliphatic rings. The summed E-state index contributed by atoms with van der Waals surface area (Å²) in [6, 6.07) is 14.2. The number of pyridine rings is 1. The van der Waals surface area contributed by atoms with Crippen molar-refractivity contribution < 1.29 is 13.9 Å². The lowest BCUT2D eigenvalue weighted by Crippen LogP contribution is -2.47. The minimum atomic E-state index is 0.862. The van der Waals surface area contributed by atoms with Crippen LogP contribution in [0.15, 0.2) is 61.1 Å². The highest BCUT2D eigenvalue weighted by atomic mass is 16.5. The number of nitrogens with zero attached hydrogens (tertiary/aromatic N) is 3. The van der Waals surface area contributed by atoms with Crippen molar-refractivity contribution >= 4 is 0 Å². The Hall–Kier alpha value is -2.62. The Morgan fingerprint density at radius 2 is 1.76 bits per heavy atom. The highest BCUT2D eigenvalue weighted by Gasteiger charge is 2.24. The van der Waals surface area contributed by atoms with Crippen LogP contribution in [0.2, 0.25) is 0 Å². The van der Waals surface area contributed by atoms with Gasteiger partial charge in [-0.2, -0.15) is 4.57 Å². The molecule has 0 aliphatic heterocycles. The summed E-state index contributed by atoms with van der Waals surface area (Å²) in [5.74, 6) is 3.09. The molecule has 0 saturated carbocycles. The van der Waals surface area contributed by atoms with E-state index in [0.717, 1.165) is 23.1 Å². The molecule has 0 aliphatic carbocycles. The van der Waals surface area contributed by atoms with E-state index >= 15 is 0 Å². The molecule has 3 rings (SSSR count). The maximum atomic E-state index is 5.46. The van der Waals surface area contributed by atoms with E-state index in [9.17, 15) is 0 Å². The number of methoxy groups -OCH3 is 1. The Morgan fingerprint density at radius 3 is 2.52 bits per heavy atom. The molecule has 0 N–H and O–H groups in total. The van der Waals surface area contributed by atoms with Crippen LogP contribution >= 0.6 is 0 Å². The largest absolute Gasteiger partial charge is 0.492 e. The molecule has 0 bridgehead atoms. The first-order valence-corrected chi connectivity index (χ1v) is 6.90. The number of hydrogen-bond acceptors (Lipinski definition) is 1. The number of aryl methyl sites for hydroxylation is 1. The zero-order valence-corrected chi connectivity index (χ0v) is 12.5. The van der Waals surface area contributed by atoms with Crippen molar-refractivity contribution in [1.29, 1.82) is 0 Å². The first kappa shape index (κ1) is 13.4. The summed E-state index contributed by atoms with van der Waals surface area (Å²) in [5.41, 5.74) is 1.04. The Bertz CT molecular complexity index is 777. The fraction of sp³-hybridized carbons (Fsp3) is 0.176. The standard InChI is InChI=1S/C17H19N3O/c1-14-19(15-8-4-5-9-16(15)21-3)12-13-20(14)17-10-6-7-11-18(17)2/h4-13H,1-3H3/q+2. The van der Waals surface area contributed by atoms with Gasteiger partial charge in [-0.15, -0.1) is 4.57 Å². The van der Waals surface area contributed by atoms with Gasteiger partial charge in [0.25, 0.3) is 0 Å². The molecule has 2 heterocycles. The molecule has 4 heteroatoms. The number of imidazole rings is 1. The van der Waals surface area contributed by atoms with Gasteiger partial charge in [-0.05, 0) is 24.3 Å². The van der Waals surface area contributed by atoms with E-state index in [0.29, 0.717) is 0 Å². The molecule has 0 spiro atoms. The minimum Gasteiger partial charge on any atom is -0.492 e. The maximum absolute atomic E-state index is 5.46. The Kier molecular flexibility index (Phi) is 3.44. The molecule has 0 unspecified atom stereocenters. The van der Waals surface area contributed by atoms with Gasteiger partial charge in [0, 0.05) is 6.07 Å². The van der Waals surface area contributed by atoms with Crippen LogP contribution < -0.4 is 13.9 Å². The van der Waals surface area contributed by atoms with Gasteiger partial charge in [-0.3, -0.25) is 0 Å². The molecule has 0 saturated heterocycles. The number of ether oxygens (including phenoxy) is 1. The first-order valence-electron chi connectivity index (χ1n) is 6.90. The third kappa shape index (κ3) is 2.29. The van der Waals surface area contributed by atoms with Crippen molar-refractivity contribution in [2.24, 2.45) is 7.05 Å². The van der Waals surface area contributed by atoms with Gasteiger partial charge in [0.2, 0.25) is 5.69 Å². The Labute approximate surface area is 124 Å².